The van der Waals surface area contributed by atoms with Gasteiger partial charge in [0, 0.05) is 12.0 Å². The van der Waals surface area contributed by atoms with Crippen LogP contribution in [-0.4, -0.2) is 9.55 Å². The predicted octanol–water partition coefficient (Wildman–Crippen LogP) is 11.5. The molecule has 2 nitrogen and oxygen atoms in total. The summed E-state index contributed by atoms with van der Waals surface area (Å²) in [5, 5.41) is 4.31. The summed E-state index contributed by atoms with van der Waals surface area (Å²) >= 11 is 0. The quantitative estimate of drug-likeness (QED) is 0.149. The highest BCUT2D eigenvalue weighted by atomic mass is 15.1. The Balaban J connectivity index is 1.59. The van der Waals surface area contributed by atoms with E-state index >= 15 is 0 Å². The standard InChI is InChI=1S/C43H30N2/c1-2-41-44-38-24-12-14-26-40(38)45(41)39-25-13-11-23-36(39)42-32-19-7-9-21-34(32)43(35-22-10-8-20-33(35)42)37-27-28-15-3-4-16-29(28)30-17-5-6-18-31(30)37/h3-27H,2H2,1H3/i7D,8D,9D,10D,19D,20D,21D,22D. The number of fused-ring (bicyclic) bond motifs is 6. The fraction of sp³-hybridized carbons (Fsp3) is 0.0465. The minimum Gasteiger partial charge on any atom is -0.296 e. The molecule has 8 aromatic carbocycles. The van der Waals surface area contributed by atoms with Crippen molar-refractivity contribution in [3.8, 4) is 27.9 Å². The molecule has 212 valence electrons. The van der Waals surface area contributed by atoms with Gasteiger partial charge in [0.05, 0.1) is 27.7 Å². The van der Waals surface area contributed by atoms with Gasteiger partial charge in [-0.05, 0) is 84.0 Å². The third-order valence-corrected chi connectivity index (χ3v) is 8.77. The predicted molar refractivity (Wildman–Crippen MR) is 191 cm³/mol. The summed E-state index contributed by atoms with van der Waals surface area (Å²) in [7, 11) is 0. The Morgan fingerprint density at radius 3 is 1.82 bits per heavy atom. The molecule has 0 atom stereocenters. The second-order valence-electron chi connectivity index (χ2n) is 11.2. The molecule has 0 aliphatic heterocycles. The first-order chi connectivity index (χ1) is 25.6. The van der Waals surface area contributed by atoms with Gasteiger partial charge in [-0.2, -0.15) is 0 Å². The summed E-state index contributed by atoms with van der Waals surface area (Å²) in [4.78, 5) is 4.91. The number of rotatable bonds is 4. The lowest BCUT2D eigenvalue weighted by molar-refractivity contribution is 0.909. The van der Waals surface area contributed by atoms with Gasteiger partial charge in [-0.3, -0.25) is 4.57 Å². The molecule has 0 aliphatic rings. The topological polar surface area (TPSA) is 17.8 Å². The number of benzene rings is 8. The van der Waals surface area contributed by atoms with Crippen molar-refractivity contribution >= 4 is 54.1 Å². The van der Waals surface area contributed by atoms with Crippen LogP contribution in [0.3, 0.4) is 0 Å². The Hall–Kier alpha value is -5.73. The highest BCUT2D eigenvalue weighted by Crippen LogP contribution is 2.47. The number of aryl methyl sites for hydroxylation is 1. The molecule has 45 heavy (non-hydrogen) atoms. The first-order valence-corrected chi connectivity index (χ1v) is 15.1. The molecule has 0 bridgehead atoms. The Kier molecular flexibility index (Phi) is 4.26. The van der Waals surface area contributed by atoms with Gasteiger partial charge >= 0.3 is 0 Å². The van der Waals surface area contributed by atoms with Crippen molar-refractivity contribution in [2.45, 2.75) is 13.3 Å². The molecule has 0 fully saturated rings. The summed E-state index contributed by atoms with van der Waals surface area (Å²) in [5.74, 6) is 0.773. The van der Waals surface area contributed by atoms with E-state index in [1.165, 1.54) is 0 Å². The van der Waals surface area contributed by atoms with Gasteiger partial charge in [-0.25, -0.2) is 4.98 Å². The van der Waals surface area contributed by atoms with Gasteiger partial charge in [0.2, 0.25) is 0 Å². The number of para-hydroxylation sites is 3. The molecule has 0 N–H and O–H groups in total. The second-order valence-corrected chi connectivity index (χ2v) is 11.2. The van der Waals surface area contributed by atoms with Crippen molar-refractivity contribution < 1.29 is 11.0 Å². The van der Waals surface area contributed by atoms with Crippen molar-refractivity contribution in [3.05, 3.63) is 157 Å². The molecule has 9 aromatic rings. The smallest absolute Gasteiger partial charge is 0.114 e. The van der Waals surface area contributed by atoms with E-state index in [1.807, 2.05) is 115 Å². The molecule has 0 spiro atoms. The van der Waals surface area contributed by atoms with E-state index in [1.54, 1.807) is 0 Å². The normalized spacial score (nSPS) is 14.2. The van der Waals surface area contributed by atoms with E-state index in [9.17, 15) is 5.48 Å². The van der Waals surface area contributed by atoms with Crippen LogP contribution in [0.25, 0.3) is 82.1 Å². The molecule has 1 aromatic heterocycles. The molecule has 0 radical (unpaired) electrons. The Morgan fingerprint density at radius 1 is 0.556 bits per heavy atom. The molecule has 0 unspecified atom stereocenters. The van der Waals surface area contributed by atoms with Gasteiger partial charge in [-0.1, -0.05) is 134 Å². The van der Waals surface area contributed by atoms with Gasteiger partial charge in [0.25, 0.3) is 0 Å². The average molecular weight is 583 g/mol. The van der Waals surface area contributed by atoms with Gasteiger partial charge in [0.1, 0.15) is 5.82 Å². The largest absolute Gasteiger partial charge is 0.296 e. The molecule has 1 heterocycles. The second kappa shape index (κ2) is 10.2. The van der Waals surface area contributed by atoms with Crippen LogP contribution in [-0.2, 0) is 6.42 Å². The molecule has 0 saturated heterocycles. The number of hydrogen-bond acceptors (Lipinski definition) is 1. The van der Waals surface area contributed by atoms with E-state index in [0.717, 1.165) is 38.4 Å². The SMILES string of the molecule is [2H]c1c([2H])c([2H])c2c(-c3cc4ccccc4c4ccccc34)c3c([2H])c([2H])c([2H])c([2H])c3c(-c3ccccc3-n3c(CC)nc4ccccc43)c2c1[2H]. The van der Waals surface area contributed by atoms with Crippen LogP contribution in [0.2, 0.25) is 0 Å². The maximum absolute atomic E-state index is 9.52. The van der Waals surface area contributed by atoms with Crippen LogP contribution in [0.4, 0.5) is 0 Å². The lowest BCUT2D eigenvalue weighted by atomic mass is 9.83. The molecule has 0 aliphatic carbocycles. The third kappa shape index (κ3) is 3.86. The van der Waals surface area contributed by atoms with Crippen LogP contribution in [0, 0.1) is 0 Å². The molecule has 0 saturated carbocycles. The fourth-order valence-electron chi connectivity index (χ4n) is 6.89. The summed E-state index contributed by atoms with van der Waals surface area (Å²) in [6, 6.07) is 30.0. The van der Waals surface area contributed by atoms with Crippen molar-refractivity contribution in [3.63, 3.8) is 0 Å². The van der Waals surface area contributed by atoms with Gasteiger partial charge in [0.15, 0.2) is 0 Å². The Labute approximate surface area is 273 Å². The molecule has 2 heteroatoms. The fourth-order valence-corrected chi connectivity index (χ4v) is 6.89. The monoisotopic (exact) mass is 582 g/mol. The van der Waals surface area contributed by atoms with Crippen LogP contribution >= 0.6 is 0 Å². The Morgan fingerprint density at radius 2 is 1.11 bits per heavy atom. The highest BCUT2D eigenvalue weighted by Gasteiger charge is 2.22. The van der Waals surface area contributed by atoms with Crippen molar-refractivity contribution in [2.24, 2.45) is 0 Å². The summed E-state index contributed by atoms with van der Waals surface area (Å²) in [5.41, 5.74) is 4.09. The molecule has 9 rings (SSSR count). The maximum atomic E-state index is 9.52. The number of aromatic nitrogens is 2. The molecule has 0 amide bonds. The number of nitrogens with zero attached hydrogens (tertiary/aromatic N) is 2. The van der Waals surface area contributed by atoms with Gasteiger partial charge in [-0.15, -0.1) is 0 Å². The van der Waals surface area contributed by atoms with Crippen LogP contribution in [0.15, 0.2) is 151 Å². The van der Waals surface area contributed by atoms with Crippen LogP contribution in [0.1, 0.15) is 23.7 Å². The van der Waals surface area contributed by atoms with Crippen molar-refractivity contribution in [2.75, 3.05) is 0 Å². The van der Waals surface area contributed by atoms with Crippen LogP contribution < -0.4 is 0 Å². The first-order valence-electron chi connectivity index (χ1n) is 19.1. The van der Waals surface area contributed by atoms with E-state index in [-0.39, 0.29) is 45.7 Å². The van der Waals surface area contributed by atoms with Crippen molar-refractivity contribution in [1.82, 2.24) is 9.55 Å². The summed E-state index contributed by atoms with van der Waals surface area (Å²) in [6.07, 6.45) is 0.595. The van der Waals surface area contributed by atoms with E-state index in [2.05, 4.69) is 0 Å². The Bertz CT molecular complexity index is 2960. The minimum absolute atomic E-state index is 0.177. The zero-order chi connectivity index (χ0) is 36.9. The number of hydrogen-bond donors (Lipinski definition) is 0. The minimum atomic E-state index is -0.432. The highest BCUT2D eigenvalue weighted by molar-refractivity contribution is 6.26. The van der Waals surface area contributed by atoms with E-state index < -0.39 is 24.2 Å². The average Bonchev–Trinajstić information content (AvgIpc) is 3.58. The van der Waals surface area contributed by atoms with E-state index in [4.69, 9.17) is 10.5 Å². The van der Waals surface area contributed by atoms with E-state index in [0.29, 0.717) is 34.4 Å². The zero-order valence-corrected chi connectivity index (χ0v) is 24.4. The molecular formula is C43H30N2. The third-order valence-electron chi connectivity index (χ3n) is 8.77. The lowest BCUT2D eigenvalue weighted by Gasteiger charge is -2.21. The summed E-state index contributed by atoms with van der Waals surface area (Å²) < 4.78 is 75.8. The number of imidazole rings is 1. The van der Waals surface area contributed by atoms with Gasteiger partial charge < -0.3 is 0 Å². The maximum Gasteiger partial charge on any atom is 0.114 e. The molecular weight excluding hydrogens is 544 g/mol. The lowest BCUT2D eigenvalue weighted by Crippen LogP contribution is -2.03. The first kappa shape index (κ1) is 18.8. The zero-order valence-electron chi connectivity index (χ0n) is 32.4. The van der Waals surface area contributed by atoms with Crippen molar-refractivity contribution in [1.29, 1.82) is 0 Å². The summed E-state index contributed by atoms with van der Waals surface area (Å²) in [6.45, 7) is 2.01. The van der Waals surface area contributed by atoms with Crippen LogP contribution in [0.5, 0.6) is 0 Å².